The van der Waals surface area contributed by atoms with E-state index in [1.54, 1.807) is 20.4 Å². The van der Waals surface area contributed by atoms with Crippen LogP contribution in [0.1, 0.15) is 12.2 Å². The molecule has 0 spiro atoms. The van der Waals surface area contributed by atoms with Crippen LogP contribution in [0.25, 0.3) is 0 Å². The van der Waals surface area contributed by atoms with Crippen molar-refractivity contribution in [3.8, 4) is 11.5 Å². The molecule has 0 N–H and O–H groups in total. The molecule has 0 unspecified atom stereocenters. The lowest BCUT2D eigenvalue weighted by Gasteiger charge is -2.24. The Hall–Kier alpha value is -2.21. The second-order valence-electron chi connectivity index (χ2n) is 5.85. The van der Waals surface area contributed by atoms with E-state index in [2.05, 4.69) is 34.1 Å². The van der Waals surface area contributed by atoms with Gasteiger partial charge in [0, 0.05) is 49.1 Å². The quantitative estimate of drug-likeness (QED) is 0.815. The number of likely N-dealkylation sites (N-methyl/N-ethyl adjacent to an activating group) is 1. The molecule has 0 bridgehead atoms. The van der Waals surface area contributed by atoms with Crippen LogP contribution in [0.5, 0.6) is 11.5 Å². The number of hydrogen-bond donors (Lipinski definition) is 0. The lowest BCUT2D eigenvalue weighted by molar-refractivity contribution is 0.220. The highest BCUT2D eigenvalue weighted by atomic mass is 16.5. The first-order valence-electron chi connectivity index (χ1n) is 7.77. The van der Waals surface area contributed by atoms with Gasteiger partial charge in [-0.3, -0.25) is 4.90 Å². The van der Waals surface area contributed by atoms with E-state index in [1.165, 1.54) is 0 Å². The van der Waals surface area contributed by atoms with Gasteiger partial charge in [-0.15, -0.1) is 0 Å². The minimum Gasteiger partial charge on any atom is -0.497 e. The average molecular weight is 317 g/mol. The summed E-state index contributed by atoms with van der Waals surface area (Å²) >= 11 is 0. The van der Waals surface area contributed by atoms with Crippen molar-refractivity contribution in [2.45, 2.75) is 19.0 Å². The molecule has 1 saturated heterocycles. The van der Waals surface area contributed by atoms with Crippen molar-refractivity contribution >= 4 is 5.69 Å². The number of anilines is 1. The Kier molecular flexibility index (Phi) is 4.71. The zero-order valence-electron chi connectivity index (χ0n) is 13.9. The number of methoxy groups -OCH3 is 2. The normalized spacial score (nSPS) is 17.7. The van der Waals surface area contributed by atoms with Crippen LogP contribution in [-0.2, 0) is 6.54 Å². The zero-order chi connectivity index (χ0) is 16.2. The summed E-state index contributed by atoms with van der Waals surface area (Å²) in [5, 5.41) is 3.76. The second kappa shape index (κ2) is 6.91. The van der Waals surface area contributed by atoms with Gasteiger partial charge in [-0.2, -0.15) is 0 Å². The Morgan fingerprint density at radius 2 is 2.00 bits per heavy atom. The Bertz CT molecular complexity index is 608. The first kappa shape index (κ1) is 15.7. The molecule has 1 aliphatic heterocycles. The molecule has 2 aromatic rings. The number of hydrogen-bond acceptors (Lipinski definition) is 6. The fraction of sp³-hybridized carbons (Fsp3) is 0.471. The third kappa shape index (κ3) is 3.59. The van der Waals surface area contributed by atoms with Gasteiger partial charge in [-0.1, -0.05) is 5.16 Å². The molecular weight excluding hydrogens is 294 g/mol. The molecule has 3 rings (SSSR count). The molecule has 0 amide bonds. The maximum absolute atomic E-state index is 5.36. The van der Waals surface area contributed by atoms with Gasteiger partial charge < -0.3 is 18.9 Å². The number of nitrogens with zero attached hydrogens (tertiary/aromatic N) is 3. The van der Waals surface area contributed by atoms with Crippen molar-refractivity contribution in [1.82, 2.24) is 10.1 Å². The number of benzene rings is 1. The summed E-state index contributed by atoms with van der Waals surface area (Å²) in [6, 6.07) is 8.41. The summed E-state index contributed by atoms with van der Waals surface area (Å²) in [5.74, 6) is 2.53. The smallest absolute Gasteiger partial charge is 0.150 e. The predicted molar refractivity (Wildman–Crippen MR) is 88.1 cm³/mol. The molecule has 1 fully saturated rings. The van der Waals surface area contributed by atoms with Gasteiger partial charge in [-0.05, 0) is 13.5 Å². The van der Waals surface area contributed by atoms with Crippen molar-refractivity contribution < 1.29 is 14.0 Å². The monoisotopic (exact) mass is 317 g/mol. The summed E-state index contributed by atoms with van der Waals surface area (Å²) < 4.78 is 15.9. The molecule has 6 heteroatoms. The Morgan fingerprint density at radius 1 is 1.26 bits per heavy atom. The van der Waals surface area contributed by atoms with Crippen molar-refractivity contribution in [2.24, 2.45) is 0 Å². The van der Waals surface area contributed by atoms with Crippen LogP contribution in [-0.4, -0.2) is 50.5 Å². The third-order valence-corrected chi connectivity index (χ3v) is 4.38. The van der Waals surface area contributed by atoms with Crippen LogP contribution in [0.15, 0.2) is 35.0 Å². The molecule has 0 saturated carbocycles. The first-order valence-corrected chi connectivity index (χ1v) is 7.77. The minimum atomic E-state index is 0.484. The van der Waals surface area contributed by atoms with Crippen molar-refractivity contribution in [2.75, 3.05) is 39.3 Å². The summed E-state index contributed by atoms with van der Waals surface area (Å²) in [5.41, 5.74) is 1.14. The van der Waals surface area contributed by atoms with Gasteiger partial charge in [0.15, 0.2) is 5.76 Å². The maximum Gasteiger partial charge on any atom is 0.150 e. The van der Waals surface area contributed by atoms with Gasteiger partial charge >= 0.3 is 0 Å². The van der Waals surface area contributed by atoms with E-state index in [0.29, 0.717) is 6.04 Å². The van der Waals surface area contributed by atoms with Crippen LogP contribution in [0.3, 0.4) is 0 Å². The van der Waals surface area contributed by atoms with Gasteiger partial charge in [0.2, 0.25) is 0 Å². The molecule has 23 heavy (non-hydrogen) atoms. The summed E-state index contributed by atoms with van der Waals surface area (Å²) in [4.78, 5) is 4.69. The zero-order valence-corrected chi connectivity index (χ0v) is 13.9. The highest BCUT2D eigenvalue weighted by molar-refractivity contribution is 5.56. The molecule has 1 aromatic carbocycles. The Labute approximate surface area is 136 Å². The van der Waals surface area contributed by atoms with Crippen molar-refractivity contribution in [3.05, 3.63) is 36.2 Å². The molecule has 0 radical (unpaired) electrons. The van der Waals surface area contributed by atoms with Gasteiger partial charge in [0.05, 0.1) is 27.0 Å². The van der Waals surface area contributed by atoms with Crippen LogP contribution >= 0.6 is 0 Å². The van der Waals surface area contributed by atoms with Gasteiger partial charge in [-0.25, -0.2) is 0 Å². The van der Waals surface area contributed by atoms with Crippen LogP contribution in [0.4, 0.5) is 5.69 Å². The highest BCUT2D eigenvalue weighted by Gasteiger charge is 2.27. The molecular formula is C17H23N3O3. The molecule has 6 nitrogen and oxygen atoms in total. The molecule has 2 heterocycles. The number of aromatic nitrogens is 1. The van der Waals surface area contributed by atoms with E-state index in [1.807, 2.05) is 12.1 Å². The second-order valence-corrected chi connectivity index (χ2v) is 5.85. The van der Waals surface area contributed by atoms with E-state index in [4.69, 9.17) is 14.0 Å². The average Bonchev–Trinajstić information content (AvgIpc) is 3.25. The van der Waals surface area contributed by atoms with Crippen molar-refractivity contribution in [1.29, 1.82) is 0 Å². The van der Waals surface area contributed by atoms with E-state index < -0.39 is 0 Å². The predicted octanol–water partition coefficient (Wildman–Crippen LogP) is 2.40. The molecule has 1 atom stereocenters. The highest BCUT2D eigenvalue weighted by Crippen LogP contribution is 2.31. The van der Waals surface area contributed by atoms with Crippen LogP contribution < -0.4 is 14.4 Å². The largest absolute Gasteiger partial charge is 0.497 e. The summed E-state index contributed by atoms with van der Waals surface area (Å²) in [6.45, 7) is 2.77. The standard InChI is InChI=1S/C17H23N3O3/c1-19(12-15-4-6-18-23-15)13-5-7-20(11-13)14-8-16(21-2)10-17(9-14)22-3/h4,6,8-10,13H,5,7,11-12H2,1-3H3/t13-/m0/s1. The van der Waals surface area contributed by atoms with E-state index >= 15 is 0 Å². The minimum absolute atomic E-state index is 0.484. The lowest BCUT2D eigenvalue weighted by Crippen LogP contribution is -2.34. The van der Waals surface area contributed by atoms with Crippen LogP contribution in [0, 0.1) is 0 Å². The van der Waals surface area contributed by atoms with Crippen molar-refractivity contribution in [3.63, 3.8) is 0 Å². The maximum atomic E-state index is 5.36. The molecule has 0 aliphatic carbocycles. The lowest BCUT2D eigenvalue weighted by atomic mass is 10.2. The Morgan fingerprint density at radius 3 is 2.61 bits per heavy atom. The SMILES string of the molecule is COc1cc(OC)cc(N2CC[C@H](N(C)Cc3ccno3)C2)c1. The molecule has 1 aromatic heterocycles. The summed E-state index contributed by atoms with van der Waals surface area (Å²) in [6.07, 6.45) is 2.80. The van der Waals surface area contributed by atoms with Gasteiger partial charge in [0.25, 0.3) is 0 Å². The summed E-state index contributed by atoms with van der Waals surface area (Å²) in [7, 11) is 5.48. The Balaban J connectivity index is 1.67. The number of rotatable bonds is 6. The van der Waals surface area contributed by atoms with E-state index in [-0.39, 0.29) is 0 Å². The van der Waals surface area contributed by atoms with Gasteiger partial charge in [0.1, 0.15) is 11.5 Å². The molecule has 1 aliphatic rings. The molecule has 124 valence electrons. The van der Waals surface area contributed by atoms with E-state index in [9.17, 15) is 0 Å². The first-order chi connectivity index (χ1) is 11.2. The van der Waals surface area contributed by atoms with E-state index in [0.717, 1.165) is 49.0 Å². The third-order valence-electron chi connectivity index (χ3n) is 4.38. The number of ether oxygens (including phenoxy) is 2. The topological polar surface area (TPSA) is 51.0 Å². The fourth-order valence-corrected chi connectivity index (χ4v) is 3.01. The fourth-order valence-electron chi connectivity index (χ4n) is 3.01. The van der Waals surface area contributed by atoms with Crippen LogP contribution in [0.2, 0.25) is 0 Å².